The fourth-order valence-electron chi connectivity index (χ4n) is 1.37. The highest BCUT2D eigenvalue weighted by atomic mass is 32.2. The minimum Gasteiger partial charge on any atom is -0.303 e. The second kappa shape index (κ2) is 5.46. The van der Waals surface area contributed by atoms with E-state index in [-0.39, 0.29) is 11.2 Å². The molecule has 1 N–H and O–H groups in total. The Bertz CT molecular complexity index is 451. The Hall–Kier alpha value is -1.14. The van der Waals surface area contributed by atoms with E-state index in [0.717, 1.165) is 4.88 Å². The Morgan fingerprint density at radius 3 is 2.94 bits per heavy atom. The van der Waals surface area contributed by atoms with Gasteiger partial charge in [-0.15, -0.1) is 16.4 Å². The van der Waals surface area contributed by atoms with Gasteiger partial charge in [-0.25, -0.2) is 0 Å². The highest BCUT2D eigenvalue weighted by Crippen LogP contribution is 2.25. The zero-order chi connectivity index (χ0) is 12.3. The minimum atomic E-state index is -0.0503. The van der Waals surface area contributed by atoms with Crippen LogP contribution < -0.4 is 5.32 Å². The lowest BCUT2D eigenvalue weighted by Crippen LogP contribution is -2.27. The van der Waals surface area contributed by atoms with E-state index in [1.54, 1.807) is 17.6 Å². The summed E-state index contributed by atoms with van der Waals surface area (Å²) in [4.78, 5) is 12.6. The topological polar surface area (TPSA) is 53.8 Å². The summed E-state index contributed by atoms with van der Waals surface area (Å²) in [5.41, 5.74) is 0. The molecule has 1 aromatic rings. The molecule has 1 aliphatic rings. The SMILES string of the molecule is CC(C)[C@H]1SC(=NN=Cc2cccs2)NC1=O. The van der Waals surface area contributed by atoms with Crippen molar-refractivity contribution in [3.63, 3.8) is 0 Å². The quantitative estimate of drug-likeness (QED) is 0.675. The second-order valence-electron chi connectivity index (χ2n) is 3.94. The molecular formula is C11H13N3OS2. The normalized spacial score (nSPS) is 22.9. The van der Waals surface area contributed by atoms with E-state index in [0.29, 0.717) is 11.1 Å². The standard InChI is InChI=1S/C11H13N3OS2/c1-7(2)9-10(15)13-11(17-9)14-12-6-8-4-3-5-16-8/h3-7,9H,1-2H3,(H,13,14,15)/t9-/m1/s1. The molecule has 1 aliphatic heterocycles. The van der Waals surface area contributed by atoms with E-state index < -0.39 is 0 Å². The van der Waals surface area contributed by atoms with Gasteiger partial charge in [0, 0.05) is 4.88 Å². The third kappa shape index (κ3) is 3.17. The van der Waals surface area contributed by atoms with Crippen LogP contribution in [0.4, 0.5) is 0 Å². The molecule has 0 unspecified atom stereocenters. The van der Waals surface area contributed by atoms with E-state index in [9.17, 15) is 4.79 Å². The van der Waals surface area contributed by atoms with Crippen LogP contribution in [0.25, 0.3) is 0 Å². The smallest absolute Gasteiger partial charge is 0.239 e. The molecule has 6 heteroatoms. The number of nitrogens with one attached hydrogen (secondary N) is 1. The maximum atomic E-state index is 11.6. The number of carbonyl (C=O) groups excluding carboxylic acids is 1. The molecule has 2 heterocycles. The number of hydrogen-bond donors (Lipinski definition) is 1. The number of amides is 1. The summed E-state index contributed by atoms with van der Waals surface area (Å²) in [7, 11) is 0. The van der Waals surface area contributed by atoms with Gasteiger partial charge in [-0.3, -0.25) is 4.79 Å². The number of nitrogens with zero attached hydrogens (tertiary/aromatic N) is 2. The molecule has 0 saturated carbocycles. The van der Waals surface area contributed by atoms with E-state index in [1.807, 2.05) is 31.4 Å². The Kier molecular flexibility index (Phi) is 3.96. The van der Waals surface area contributed by atoms with Crippen molar-refractivity contribution in [2.24, 2.45) is 16.1 Å². The van der Waals surface area contributed by atoms with Crippen molar-refractivity contribution >= 4 is 40.4 Å². The van der Waals surface area contributed by atoms with Crippen molar-refractivity contribution in [1.29, 1.82) is 0 Å². The van der Waals surface area contributed by atoms with Crippen molar-refractivity contribution < 1.29 is 4.79 Å². The monoisotopic (exact) mass is 267 g/mol. The summed E-state index contributed by atoms with van der Waals surface area (Å²) in [6, 6.07) is 3.92. The average molecular weight is 267 g/mol. The number of hydrogen-bond acceptors (Lipinski definition) is 5. The van der Waals surface area contributed by atoms with E-state index >= 15 is 0 Å². The third-order valence-corrected chi connectivity index (χ3v) is 4.44. The van der Waals surface area contributed by atoms with Gasteiger partial charge in [0.1, 0.15) is 0 Å². The van der Waals surface area contributed by atoms with Crippen molar-refractivity contribution in [3.8, 4) is 0 Å². The molecule has 4 nitrogen and oxygen atoms in total. The highest BCUT2D eigenvalue weighted by Gasteiger charge is 2.32. The molecule has 17 heavy (non-hydrogen) atoms. The Balaban J connectivity index is 1.98. The number of amidine groups is 1. The molecule has 1 amide bonds. The lowest BCUT2D eigenvalue weighted by atomic mass is 10.1. The van der Waals surface area contributed by atoms with E-state index in [1.165, 1.54) is 11.8 Å². The molecule has 0 aromatic carbocycles. The van der Waals surface area contributed by atoms with Crippen molar-refractivity contribution in [3.05, 3.63) is 22.4 Å². The van der Waals surface area contributed by atoms with Crippen molar-refractivity contribution in [2.75, 3.05) is 0 Å². The van der Waals surface area contributed by atoms with Crippen LogP contribution in [0.15, 0.2) is 27.7 Å². The summed E-state index contributed by atoms with van der Waals surface area (Å²) in [5, 5.41) is 13.2. The first-order valence-corrected chi connectivity index (χ1v) is 7.05. The van der Waals surface area contributed by atoms with Crippen LogP contribution in [0.2, 0.25) is 0 Å². The average Bonchev–Trinajstić information content (AvgIpc) is 2.88. The fraction of sp³-hybridized carbons (Fsp3) is 0.364. The van der Waals surface area contributed by atoms with Crippen LogP contribution in [0, 0.1) is 5.92 Å². The van der Waals surface area contributed by atoms with Crippen molar-refractivity contribution in [1.82, 2.24) is 5.32 Å². The number of rotatable bonds is 3. The molecule has 0 bridgehead atoms. The molecular weight excluding hydrogens is 254 g/mol. The van der Waals surface area contributed by atoms with Gasteiger partial charge in [0.25, 0.3) is 0 Å². The zero-order valence-electron chi connectivity index (χ0n) is 9.58. The van der Waals surface area contributed by atoms with Crippen LogP contribution in [0.3, 0.4) is 0 Å². The van der Waals surface area contributed by atoms with Gasteiger partial charge in [0.15, 0.2) is 5.17 Å². The summed E-state index contributed by atoms with van der Waals surface area (Å²) >= 11 is 3.04. The number of carbonyl (C=O) groups is 1. The summed E-state index contributed by atoms with van der Waals surface area (Å²) < 4.78 is 0. The fourth-order valence-corrected chi connectivity index (χ4v) is 2.88. The largest absolute Gasteiger partial charge is 0.303 e. The molecule has 0 radical (unpaired) electrons. The van der Waals surface area contributed by atoms with Crippen LogP contribution >= 0.6 is 23.1 Å². The van der Waals surface area contributed by atoms with E-state index in [4.69, 9.17) is 0 Å². The van der Waals surface area contributed by atoms with E-state index in [2.05, 4.69) is 15.5 Å². The molecule has 1 aromatic heterocycles. The van der Waals surface area contributed by atoms with Gasteiger partial charge in [-0.2, -0.15) is 5.10 Å². The van der Waals surface area contributed by atoms with Crippen LogP contribution in [0.1, 0.15) is 18.7 Å². The van der Waals surface area contributed by atoms with Gasteiger partial charge in [-0.05, 0) is 17.4 Å². The highest BCUT2D eigenvalue weighted by molar-refractivity contribution is 8.15. The predicted octanol–water partition coefficient (Wildman–Crippen LogP) is 2.33. The van der Waals surface area contributed by atoms with Gasteiger partial charge < -0.3 is 5.32 Å². The number of thiophene rings is 1. The Labute approximate surface area is 108 Å². The van der Waals surface area contributed by atoms with Gasteiger partial charge in [0.2, 0.25) is 5.91 Å². The molecule has 1 fully saturated rings. The number of thioether (sulfide) groups is 1. The minimum absolute atomic E-state index is 0.0232. The summed E-state index contributed by atoms with van der Waals surface area (Å²) in [6.45, 7) is 4.05. The Morgan fingerprint density at radius 2 is 2.35 bits per heavy atom. The first-order valence-electron chi connectivity index (χ1n) is 5.29. The zero-order valence-corrected chi connectivity index (χ0v) is 11.2. The van der Waals surface area contributed by atoms with Gasteiger partial charge >= 0.3 is 0 Å². The molecule has 1 saturated heterocycles. The van der Waals surface area contributed by atoms with Crippen molar-refractivity contribution in [2.45, 2.75) is 19.1 Å². The molecule has 90 valence electrons. The lowest BCUT2D eigenvalue weighted by Gasteiger charge is -2.07. The van der Waals surface area contributed by atoms with Gasteiger partial charge in [0.05, 0.1) is 11.5 Å². The van der Waals surface area contributed by atoms with Crippen LogP contribution in [-0.2, 0) is 4.79 Å². The van der Waals surface area contributed by atoms with Crippen LogP contribution in [-0.4, -0.2) is 22.5 Å². The first-order chi connectivity index (χ1) is 8.16. The second-order valence-corrected chi connectivity index (χ2v) is 6.05. The Morgan fingerprint density at radius 1 is 1.53 bits per heavy atom. The lowest BCUT2D eigenvalue weighted by molar-refractivity contribution is -0.119. The summed E-state index contributed by atoms with van der Waals surface area (Å²) in [5.74, 6) is 0.323. The predicted molar refractivity (Wildman–Crippen MR) is 73.7 cm³/mol. The maximum absolute atomic E-state index is 11.6. The molecule has 0 spiro atoms. The first kappa shape index (κ1) is 12.3. The molecule has 2 rings (SSSR count). The summed E-state index contributed by atoms with van der Waals surface area (Å²) in [6.07, 6.45) is 1.69. The maximum Gasteiger partial charge on any atom is 0.239 e. The third-order valence-electron chi connectivity index (χ3n) is 2.21. The van der Waals surface area contributed by atoms with Crippen LogP contribution in [0.5, 0.6) is 0 Å². The molecule has 0 aliphatic carbocycles. The van der Waals surface area contributed by atoms with Gasteiger partial charge in [-0.1, -0.05) is 31.7 Å². The molecule has 1 atom stereocenters.